The van der Waals surface area contributed by atoms with E-state index >= 15 is 0 Å². The van der Waals surface area contributed by atoms with Gasteiger partial charge >= 0.3 is 12.1 Å². The molecule has 1 amide bonds. The topological polar surface area (TPSA) is 81.9 Å². The molecule has 2 aromatic carbocycles. The van der Waals surface area contributed by atoms with Crippen molar-refractivity contribution < 1.29 is 19.1 Å². The maximum atomic E-state index is 12.8. The number of rotatable bonds is 10. The molecule has 0 radical (unpaired) electrons. The lowest BCUT2D eigenvalue weighted by molar-refractivity contribution is -0.148. The second-order valence-corrected chi connectivity index (χ2v) is 7.63. The number of esters is 1. The fraction of sp³-hybridized carbons (Fsp3) is 0.360. The number of unbranched alkanes of at least 4 members (excludes halogenated alkanes) is 1. The normalized spacial score (nSPS) is 13.1. The SMILES string of the molecule is C=CCOC(=O)[C@H](CCCCN)N(C)C(=O)OCC1c2ccccc2-c2ccccc21. The molecule has 0 unspecified atom stereocenters. The Hall–Kier alpha value is -3.12. The molecular formula is C25H30N2O4. The van der Waals surface area contributed by atoms with Gasteiger partial charge in [-0.05, 0) is 48.1 Å². The molecule has 0 bridgehead atoms. The van der Waals surface area contributed by atoms with Gasteiger partial charge in [-0.3, -0.25) is 4.90 Å². The first-order valence-corrected chi connectivity index (χ1v) is 10.6. The number of amides is 1. The summed E-state index contributed by atoms with van der Waals surface area (Å²) in [6, 6.07) is 15.6. The lowest BCUT2D eigenvalue weighted by Gasteiger charge is -2.26. The standard InChI is InChI=1S/C25H30N2O4/c1-3-16-30-24(28)23(14-8-9-15-26)27(2)25(29)31-17-22-20-12-6-4-10-18(20)19-11-5-7-13-21(19)22/h3-7,10-13,22-23H,1,8-9,14-17,26H2,2H3/t23-/m0/s1. The highest BCUT2D eigenvalue weighted by molar-refractivity contribution is 5.82. The van der Waals surface area contributed by atoms with E-state index in [4.69, 9.17) is 15.2 Å². The summed E-state index contributed by atoms with van der Waals surface area (Å²) in [5.41, 5.74) is 10.2. The minimum Gasteiger partial charge on any atom is -0.460 e. The number of hydrogen-bond acceptors (Lipinski definition) is 5. The third-order valence-corrected chi connectivity index (χ3v) is 5.64. The molecule has 0 saturated carbocycles. The number of nitrogens with two attached hydrogens (primary N) is 1. The van der Waals surface area contributed by atoms with Crippen molar-refractivity contribution in [1.29, 1.82) is 0 Å². The van der Waals surface area contributed by atoms with E-state index in [0.29, 0.717) is 19.4 Å². The number of likely N-dealkylation sites (N-methyl/N-ethyl adjacent to an activating group) is 1. The van der Waals surface area contributed by atoms with Crippen molar-refractivity contribution in [3.8, 4) is 11.1 Å². The number of hydrogen-bond donors (Lipinski definition) is 1. The van der Waals surface area contributed by atoms with Gasteiger partial charge in [0.15, 0.2) is 0 Å². The van der Waals surface area contributed by atoms with Crippen LogP contribution in [-0.2, 0) is 14.3 Å². The van der Waals surface area contributed by atoms with Crippen LogP contribution in [0.5, 0.6) is 0 Å². The average molecular weight is 423 g/mol. The summed E-state index contributed by atoms with van der Waals surface area (Å²) in [4.78, 5) is 26.6. The molecule has 2 N–H and O–H groups in total. The van der Waals surface area contributed by atoms with Crippen molar-refractivity contribution in [2.45, 2.75) is 31.2 Å². The summed E-state index contributed by atoms with van der Waals surface area (Å²) in [5.74, 6) is -0.499. The zero-order valence-corrected chi connectivity index (χ0v) is 18.0. The number of fused-ring (bicyclic) bond motifs is 3. The summed E-state index contributed by atoms with van der Waals surface area (Å²) in [6.07, 6.45) is 2.90. The Bertz CT molecular complexity index is 882. The smallest absolute Gasteiger partial charge is 0.410 e. The molecule has 6 nitrogen and oxygen atoms in total. The van der Waals surface area contributed by atoms with Crippen LogP contribution in [0.1, 0.15) is 36.3 Å². The van der Waals surface area contributed by atoms with Gasteiger partial charge in [-0.15, -0.1) is 0 Å². The first-order chi connectivity index (χ1) is 15.1. The Morgan fingerprint density at radius 2 is 1.68 bits per heavy atom. The fourth-order valence-corrected chi connectivity index (χ4v) is 4.01. The molecule has 1 aliphatic rings. The average Bonchev–Trinajstić information content (AvgIpc) is 3.12. The molecule has 0 aliphatic heterocycles. The largest absolute Gasteiger partial charge is 0.460 e. The van der Waals surface area contributed by atoms with E-state index in [2.05, 4.69) is 30.8 Å². The second kappa shape index (κ2) is 10.8. The quantitative estimate of drug-likeness (QED) is 0.354. The van der Waals surface area contributed by atoms with Gasteiger partial charge in [-0.2, -0.15) is 0 Å². The summed E-state index contributed by atoms with van der Waals surface area (Å²) < 4.78 is 10.9. The number of nitrogens with zero attached hydrogens (tertiary/aromatic N) is 1. The van der Waals surface area contributed by atoms with Gasteiger partial charge in [0.05, 0.1) is 0 Å². The predicted molar refractivity (Wildman–Crippen MR) is 121 cm³/mol. The Labute approximate surface area is 183 Å². The van der Waals surface area contributed by atoms with Crippen molar-refractivity contribution in [2.24, 2.45) is 5.73 Å². The van der Waals surface area contributed by atoms with Crippen LogP contribution in [0.2, 0.25) is 0 Å². The molecule has 0 heterocycles. The van der Waals surface area contributed by atoms with E-state index in [0.717, 1.165) is 17.5 Å². The van der Waals surface area contributed by atoms with Crippen LogP contribution in [0.3, 0.4) is 0 Å². The Morgan fingerprint density at radius 3 is 2.26 bits per heavy atom. The van der Waals surface area contributed by atoms with E-state index < -0.39 is 18.1 Å². The van der Waals surface area contributed by atoms with Crippen molar-refractivity contribution in [1.82, 2.24) is 4.90 Å². The van der Waals surface area contributed by atoms with Gasteiger partial charge < -0.3 is 15.2 Å². The molecule has 1 aliphatic carbocycles. The van der Waals surface area contributed by atoms with Crippen LogP contribution in [-0.4, -0.2) is 49.8 Å². The minimum absolute atomic E-state index is 0.0341. The maximum absolute atomic E-state index is 12.8. The monoisotopic (exact) mass is 422 g/mol. The molecule has 31 heavy (non-hydrogen) atoms. The number of benzene rings is 2. The zero-order valence-electron chi connectivity index (χ0n) is 18.0. The second-order valence-electron chi connectivity index (χ2n) is 7.63. The minimum atomic E-state index is -0.720. The number of carbonyl (C=O) groups excluding carboxylic acids is 2. The highest BCUT2D eigenvalue weighted by Gasteiger charge is 2.32. The van der Waals surface area contributed by atoms with Crippen LogP contribution >= 0.6 is 0 Å². The van der Waals surface area contributed by atoms with E-state index in [9.17, 15) is 9.59 Å². The van der Waals surface area contributed by atoms with Crippen molar-refractivity contribution in [3.63, 3.8) is 0 Å². The van der Waals surface area contributed by atoms with Gasteiger partial charge in [0, 0.05) is 13.0 Å². The lowest BCUT2D eigenvalue weighted by atomic mass is 9.98. The number of carbonyl (C=O) groups is 2. The highest BCUT2D eigenvalue weighted by Crippen LogP contribution is 2.44. The van der Waals surface area contributed by atoms with Gasteiger partial charge in [0.2, 0.25) is 0 Å². The summed E-state index contributed by atoms with van der Waals surface area (Å²) in [5, 5.41) is 0. The van der Waals surface area contributed by atoms with Gasteiger partial charge in [0.1, 0.15) is 19.3 Å². The van der Waals surface area contributed by atoms with Crippen LogP contribution < -0.4 is 5.73 Å². The van der Waals surface area contributed by atoms with E-state index in [1.54, 1.807) is 7.05 Å². The molecule has 3 rings (SSSR count). The van der Waals surface area contributed by atoms with Gasteiger partial charge in [-0.1, -0.05) is 61.2 Å². The third kappa shape index (κ3) is 5.14. The van der Waals surface area contributed by atoms with Crippen LogP contribution in [0.25, 0.3) is 11.1 Å². The predicted octanol–water partition coefficient (Wildman–Crippen LogP) is 4.09. The van der Waals surface area contributed by atoms with Crippen molar-refractivity contribution >= 4 is 12.1 Å². The third-order valence-electron chi connectivity index (χ3n) is 5.64. The molecule has 6 heteroatoms. The van der Waals surface area contributed by atoms with E-state index in [1.165, 1.54) is 22.1 Å². The molecule has 0 fully saturated rings. The summed E-state index contributed by atoms with van der Waals surface area (Å²) in [6.45, 7) is 4.39. The molecule has 1 atom stereocenters. The first kappa shape index (κ1) is 22.6. The Morgan fingerprint density at radius 1 is 1.06 bits per heavy atom. The molecule has 0 saturated heterocycles. The van der Waals surface area contributed by atoms with Crippen molar-refractivity contribution in [3.05, 3.63) is 72.3 Å². The first-order valence-electron chi connectivity index (χ1n) is 10.6. The molecular weight excluding hydrogens is 392 g/mol. The van der Waals surface area contributed by atoms with Crippen LogP contribution in [0.4, 0.5) is 4.79 Å². The Kier molecular flexibility index (Phi) is 7.84. The Balaban J connectivity index is 1.69. The fourth-order valence-electron chi connectivity index (χ4n) is 4.01. The van der Waals surface area contributed by atoms with E-state index in [1.807, 2.05) is 24.3 Å². The molecule has 2 aromatic rings. The molecule has 164 valence electrons. The lowest BCUT2D eigenvalue weighted by Crippen LogP contribution is -2.44. The zero-order chi connectivity index (χ0) is 22.2. The van der Waals surface area contributed by atoms with Gasteiger partial charge in [-0.25, -0.2) is 9.59 Å². The molecule has 0 spiro atoms. The summed E-state index contributed by atoms with van der Waals surface area (Å²) >= 11 is 0. The van der Waals surface area contributed by atoms with Crippen molar-refractivity contribution in [2.75, 3.05) is 26.8 Å². The maximum Gasteiger partial charge on any atom is 0.410 e. The van der Waals surface area contributed by atoms with Crippen LogP contribution in [0.15, 0.2) is 61.2 Å². The molecule has 0 aromatic heterocycles. The summed E-state index contributed by atoms with van der Waals surface area (Å²) in [7, 11) is 1.57. The van der Waals surface area contributed by atoms with Gasteiger partial charge in [0.25, 0.3) is 0 Å². The highest BCUT2D eigenvalue weighted by atomic mass is 16.6. The van der Waals surface area contributed by atoms with Crippen LogP contribution in [0, 0.1) is 0 Å². The van der Waals surface area contributed by atoms with E-state index in [-0.39, 0.29) is 19.1 Å². The number of ether oxygens (including phenoxy) is 2.